The number of aliphatic hydroxyl groups excluding tert-OH is 1. The molecule has 2 rings (SSSR count). The van der Waals surface area contributed by atoms with Gasteiger partial charge < -0.3 is 5.11 Å². The van der Waals surface area contributed by atoms with Crippen LogP contribution in [0.25, 0.3) is 0 Å². The Bertz CT molecular complexity index is 467. The fourth-order valence-electron chi connectivity index (χ4n) is 1.75. The molecule has 0 saturated carbocycles. The zero-order valence-electron chi connectivity index (χ0n) is 7.47. The Morgan fingerprint density at radius 3 is 2.57 bits per heavy atom. The normalized spacial score (nSPS) is 20.9. The van der Waals surface area contributed by atoms with Gasteiger partial charge in [0.05, 0.1) is 11.0 Å². The lowest BCUT2D eigenvalue weighted by molar-refractivity contribution is 0.187. The molecule has 0 spiro atoms. The Morgan fingerprint density at radius 2 is 1.93 bits per heavy atom. The summed E-state index contributed by atoms with van der Waals surface area (Å²) in [5.74, 6) is 0. The molecule has 0 saturated heterocycles. The van der Waals surface area contributed by atoms with Crippen LogP contribution in [0.1, 0.15) is 11.1 Å². The molecular formula is C9H11NO3S. The Labute approximate surface area is 82.4 Å². The third-order valence-electron chi connectivity index (χ3n) is 2.42. The van der Waals surface area contributed by atoms with Crippen molar-refractivity contribution in [3.05, 3.63) is 29.3 Å². The second kappa shape index (κ2) is 3.05. The molecule has 0 aliphatic heterocycles. The molecule has 0 radical (unpaired) electrons. The highest BCUT2D eigenvalue weighted by Gasteiger charge is 2.20. The maximum Gasteiger partial charge on any atom is 0.238 e. The van der Waals surface area contributed by atoms with Crippen LogP contribution in [0.4, 0.5) is 0 Å². The molecule has 4 nitrogen and oxygen atoms in total. The van der Waals surface area contributed by atoms with Crippen LogP contribution >= 0.6 is 0 Å². The molecular weight excluding hydrogens is 202 g/mol. The van der Waals surface area contributed by atoms with E-state index in [0.717, 1.165) is 11.1 Å². The molecule has 1 aromatic carbocycles. The van der Waals surface area contributed by atoms with Crippen LogP contribution in [0.2, 0.25) is 0 Å². The van der Waals surface area contributed by atoms with Gasteiger partial charge in [-0.25, -0.2) is 13.6 Å². The van der Waals surface area contributed by atoms with Gasteiger partial charge in [-0.15, -0.1) is 0 Å². The lowest BCUT2D eigenvalue weighted by Crippen LogP contribution is -2.12. The highest BCUT2D eigenvalue weighted by atomic mass is 32.2. The van der Waals surface area contributed by atoms with E-state index in [-0.39, 0.29) is 11.0 Å². The lowest BCUT2D eigenvalue weighted by atomic mass is 10.1. The van der Waals surface area contributed by atoms with Crippen LogP contribution in [0.15, 0.2) is 23.1 Å². The van der Waals surface area contributed by atoms with Crippen molar-refractivity contribution in [3.63, 3.8) is 0 Å². The maximum absolute atomic E-state index is 11.0. The fraction of sp³-hybridized carbons (Fsp3) is 0.333. The first-order valence-electron chi connectivity index (χ1n) is 4.29. The largest absolute Gasteiger partial charge is 0.392 e. The minimum absolute atomic E-state index is 0.116. The van der Waals surface area contributed by atoms with E-state index in [9.17, 15) is 13.5 Å². The lowest BCUT2D eigenvalue weighted by Gasteiger charge is -2.01. The van der Waals surface area contributed by atoms with Gasteiger partial charge in [-0.1, -0.05) is 6.07 Å². The van der Waals surface area contributed by atoms with Gasteiger partial charge in [0.1, 0.15) is 0 Å². The van der Waals surface area contributed by atoms with Gasteiger partial charge in [-0.2, -0.15) is 0 Å². The summed E-state index contributed by atoms with van der Waals surface area (Å²) < 4.78 is 22.1. The van der Waals surface area contributed by atoms with Crippen LogP contribution in [0, 0.1) is 0 Å². The van der Waals surface area contributed by atoms with Crippen molar-refractivity contribution in [2.75, 3.05) is 0 Å². The summed E-state index contributed by atoms with van der Waals surface area (Å²) in [6, 6.07) is 4.73. The maximum atomic E-state index is 11.0. The van der Waals surface area contributed by atoms with Crippen molar-refractivity contribution in [3.8, 4) is 0 Å². The molecule has 1 atom stereocenters. The fourth-order valence-corrected chi connectivity index (χ4v) is 2.31. The average molecular weight is 213 g/mol. The molecule has 0 fully saturated rings. The molecule has 14 heavy (non-hydrogen) atoms. The van der Waals surface area contributed by atoms with E-state index in [1.165, 1.54) is 6.07 Å². The number of hydrogen-bond donors (Lipinski definition) is 2. The standard InChI is InChI=1S/C9H11NO3S/c10-14(12,13)9-2-1-6-3-8(11)4-7(6)5-9/h1-2,5,8,11H,3-4H2,(H2,10,12,13). The predicted molar refractivity (Wildman–Crippen MR) is 51.2 cm³/mol. The first-order valence-corrected chi connectivity index (χ1v) is 5.84. The Morgan fingerprint density at radius 1 is 1.29 bits per heavy atom. The molecule has 0 amide bonds. The van der Waals surface area contributed by atoms with Crippen molar-refractivity contribution in [2.24, 2.45) is 5.14 Å². The number of rotatable bonds is 1. The number of benzene rings is 1. The molecule has 1 aromatic rings. The Kier molecular flexibility index (Phi) is 2.10. The number of fused-ring (bicyclic) bond motifs is 1. The monoisotopic (exact) mass is 213 g/mol. The van der Waals surface area contributed by atoms with E-state index in [2.05, 4.69) is 0 Å². The van der Waals surface area contributed by atoms with Crippen LogP contribution in [0.5, 0.6) is 0 Å². The third kappa shape index (κ3) is 1.66. The number of sulfonamides is 1. The van der Waals surface area contributed by atoms with Gasteiger partial charge in [0.25, 0.3) is 0 Å². The molecule has 1 unspecified atom stereocenters. The quantitative estimate of drug-likeness (QED) is 0.677. The summed E-state index contributed by atoms with van der Waals surface area (Å²) in [5, 5.41) is 14.4. The molecule has 5 heteroatoms. The van der Waals surface area contributed by atoms with Crippen LogP contribution < -0.4 is 5.14 Å². The third-order valence-corrected chi connectivity index (χ3v) is 3.33. The zero-order valence-corrected chi connectivity index (χ0v) is 8.29. The number of hydrogen-bond acceptors (Lipinski definition) is 3. The molecule has 0 bridgehead atoms. The van der Waals surface area contributed by atoms with Crippen LogP contribution in [-0.4, -0.2) is 19.6 Å². The number of primary sulfonamides is 1. The van der Waals surface area contributed by atoms with E-state index >= 15 is 0 Å². The Balaban J connectivity index is 2.48. The van der Waals surface area contributed by atoms with E-state index in [1.807, 2.05) is 0 Å². The van der Waals surface area contributed by atoms with Crippen molar-refractivity contribution >= 4 is 10.0 Å². The van der Waals surface area contributed by atoms with E-state index in [1.54, 1.807) is 12.1 Å². The molecule has 0 aromatic heterocycles. The van der Waals surface area contributed by atoms with Crippen LogP contribution in [-0.2, 0) is 22.9 Å². The summed E-state index contributed by atoms with van der Waals surface area (Å²) in [7, 11) is -3.62. The molecule has 76 valence electrons. The first-order chi connectivity index (χ1) is 6.47. The minimum Gasteiger partial charge on any atom is -0.392 e. The average Bonchev–Trinajstić information content (AvgIpc) is 2.41. The molecule has 1 aliphatic carbocycles. The summed E-state index contributed by atoms with van der Waals surface area (Å²) in [6.07, 6.45) is 0.722. The predicted octanol–water partition coefficient (Wildman–Crippen LogP) is -0.207. The summed E-state index contributed by atoms with van der Waals surface area (Å²) in [5.41, 5.74) is 1.88. The van der Waals surface area contributed by atoms with Gasteiger partial charge in [0.2, 0.25) is 10.0 Å². The smallest absolute Gasteiger partial charge is 0.238 e. The summed E-state index contributed by atoms with van der Waals surface area (Å²) in [4.78, 5) is 0.116. The van der Waals surface area contributed by atoms with Gasteiger partial charge in [0.15, 0.2) is 0 Å². The minimum atomic E-state index is -3.62. The molecule has 0 heterocycles. The van der Waals surface area contributed by atoms with Crippen LogP contribution in [0.3, 0.4) is 0 Å². The molecule has 3 N–H and O–H groups in total. The number of aliphatic hydroxyl groups is 1. The first kappa shape index (κ1) is 9.64. The van der Waals surface area contributed by atoms with E-state index in [4.69, 9.17) is 5.14 Å². The van der Waals surface area contributed by atoms with Crippen molar-refractivity contribution in [1.29, 1.82) is 0 Å². The topological polar surface area (TPSA) is 80.4 Å². The van der Waals surface area contributed by atoms with Crippen molar-refractivity contribution in [2.45, 2.75) is 23.8 Å². The van der Waals surface area contributed by atoms with Crippen molar-refractivity contribution in [1.82, 2.24) is 0 Å². The zero-order chi connectivity index (χ0) is 10.3. The summed E-state index contributed by atoms with van der Waals surface area (Å²) in [6.45, 7) is 0. The summed E-state index contributed by atoms with van der Waals surface area (Å²) >= 11 is 0. The van der Waals surface area contributed by atoms with Gasteiger partial charge >= 0.3 is 0 Å². The highest BCUT2D eigenvalue weighted by Crippen LogP contribution is 2.24. The van der Waals surface area contributed by atoms with Gasteiger partial charge in [-0.05, 0) is 36.1 Å². The van der Waals surface area contributed by atoms with E-state index < -0.39 is 10.0 Å². The number of nitrogens with two attached hydrogens (primary N) is 1. The SMILES string of the molecule is NS(=O)(=O)c1ccc2c(c1)CC(O)C2. The second-order valence-electron chi connectivity index (χ2n) is 3.54. The Hall–Kier alpha value is -0.910. The van der Waals surface area contributed by atoms with E-state index in [0.29, 0.717) is 12.8 Å². The van der Waals surface area contributed by atoms with Gasteiger partial charge in [0, 0.05) is 0 Å². The highest BCUT2D eigenvalue weighted by molar-refractivity contribution is 7.89. The van der Waals surface area contributed by atoms with Gasteiger partial charge in [-0.3, -0.25) is 0 Å². The van der Waals surface area contributed by atoms with Crippen molar-refractivity contribution < 1.29 is 13.5 Å². The molecule has 1 aliphatic rings. The second-order valence-corrected chi connectivity index (χ2v) is 5.10.